The number of para-hydroxylation sites is 1. The van der Waals surface area contributed by atoms with E-state index < -0.39 is 0 Å². The maximum absolute atomic E-state index is 5.93. The Labute approximate surface area is 90.6 Å². The van der Waals surface area contributed by atoms with E-state index in [0.717, 1.165) is 17.3 Å². The second-order valence-corrected chi connectivity index (χ2v) is 4.77. The first-order chi connectivity index (χ1) is 6.75. The Morgan fingerprint density at radius 3 is 3.07 bits per heavy atom. The summed E-state index contributed by atoms with van der Waals surface area (Å²) in [6.07, 6.45) is 1.99. The summed E-state index contributed by atoms with van der Waals surface area (Å²) in [5.74, 6) is 0. The first-order valence-corrected chi connectivity index (χ1v) is 5.58. The molecule has 3 rings (SSSR count). The minimum Gasteiger partial charge on any atom is -0.357 e. The molecule has 0 fully saturated rings. The lowest BCUT2D eigenvalue weighted by atomic mass is 10.1. The van der Waals surface area contributed by atoms with E-state index >= 15 is 0 Å². The van der Waals surface area contributed by atoms with Crippen molar-refractivity contribution in [1.29, 1.82) is 0 Å². The Balaban J connectivity index is 2.33. The zero-order valence-corrected chi connectivity index (χ0v) is 9.26. The lowest BCUT2D eigenvalue weighted by Gasteiger charge is -2.00. The average molecular weight is 251 g/mol. The number of fused-ring (bicyclic) bond motifs is 3. The smallest absolute Gasteiger partial charge is 0.0603 e. The highest BCUT2D eigenvalue weighted by atomic mass is 79.9. The minimum absolute atomic E-state index is 0.305. The molecule has 0 bridgehead atoms. The van der Waals surface area contributed by atoms with E-state index in [9.17, 15) is 0 Å². The number of H-pyrrole nitrogens is 1. The van der Waals surface area contributed by atoms with Crippen molar-refractivity contribution in [2.75, 3.05) is 0 Å². The zero-order chi connectivity index (χ0) is 9.71. The van der Waals surface area contributed by atoms with Crippen molar-refractivity contribution in [2.45, 2.75) is 18.9 Å². The fourth-order valence-corrected chi connectivity index (χ4v) is 2.76. The van der Waals surface area contributed by atoms with Crippen molar-refractivity contribution in [1.82, 2.24) is 4.98 Å². The van der Waals surface area contributed by atoms with Gasteiger partial charge in [0.25, 0.3) is 0 Å². The van der Waals surface area contributed by atoms with Crippen LogP contribution in [0.5, 0.6) is 0 Å². The standard InChI is InChI=1S/C11H11BrN2/c12-9-3-1-2-7-8-4-6(13)5-10(8)14-11(7)9/h1-3,6,14H,4-5,13H2. The van der Waals surface area contributed by atoms with Gasteiger partial charge >= 0.3 is 0 Å². The van der Waals surface area contributed by atoms with Crippen LogP contribution in [-0.4, -0.2) is 11.0 Å². The molecule has 1 aromatic carbocycles. The van der Waals surface area contributed by atoms with Crippen molar-refractivity contribution in [3.05, 3.63) is 33.9 Å². The summed E-state index contributed by atoms with van der Waals surface area (Å²) in [6.45, 7) is 0. The van der Waals surface area contributed by atoms with Gasteiger partial charge in [-0.1, -0.05) is 12.1 Å². The number of rotatable bonds is 0. The Morgan fingerprint density at radius 1 is 1.36 bits per heavy atom. The van der Waals surface area contributed by atoms with Gasteiger partial charge < -0.3 is 10.7 Å². The van der Waals surface area contributed by atoms with Crippen LogP contribution in [0.25, 0.3) is 10.9 Å². The van der Waals surface area contributed by atoms with Gasteiger partial charge in [0.05, 0.1) is 5.52 Å². The minimum atomic E-state index is 0.305. The van der Waals surface area contributed by atoms with Crippen molar-refractivity contribution < 1.29 is 0 Å². The van der Waals surface area contributed by atoms with Gasteiger partial charge in [0.2, 0.25) is 0 Å². The number of nitrogens with two attached hydrogens (primary N) is 1. The molecule has 0 radical (unpaired) electrons. The van der Waals surface area contributed by atoms with Crippen LogP contribution < -0.4 is 5.73 Å². The Morgan fingerprint density at radius 2 is 2.21 bits per heavy atom. The largest absolute Gasteiger partial charge is 0.357 e. The van der Waals surface area contributed by atoms with Crippen LogP contribution in [0.4, 0.5) is 0 Å². The number of aromatic nitrogens is 1. The van der Waals surface area contributed by atoms with Gasteiger partial charge in [-0.15, -0.1) is 0 Å². The average Bonchev–Trinajstić information content (AvgIpc) is 2.63. The molecule has 0 spiro atoms. The summed E-state index contributed by atoms with van der Waals surface area (Å²) >= 11 is 3.55. The number of nitrogens with one attached hydrogen (secondary N) is 1. The fourth-order valence-electron chi connectivity index (χ4n) is 2.30. The number of hydrogen-bond acceptors (Lipinski definition) is 1. The number of benzene rings is 1. The summed E-state index contributed by atoms with van der Waals surface area (Å²) in [6, 6.07) is 6.60. The molecule has 0 saturated heterocycles. The fraction of sp³-hybridized carbons (Fsp3) is 0.273. The Hall–Kier alpha value is -0.800. The summed E-state index contributed by atoms with van der Waals surface area (Å²) in [5.41, 5.74) is 9.87. The highest BCUT2D eigenvalue weighted by molar-refractivity contribution is 9.10. The van der Waals surface area contributed by atoms with Crippen LogP contribution in [0.15, 0.2) is 22.7 Å². The number of halogens is 1. The van der Waals surface area contributed by atoms with Crippen LogP contribution >= 0.6 is 15.9 Å². The van der Waals surface area contributed by atoms with E-state index in [1.165, 1.54) is 22.2 Å². The first kappa shape index (κ1) is 8.50. The maximum atomic E-state index is 5.93. The third-order valence-electron chi connectivity index (χ3n) is 2.91. The molecule has 1 aromatic heterocycles. The molecule has 3 N–H and O–H groups in total. The Bertz CT molecular complexity index is 501. The molecule has 0 saturated carbocycles. The van der Waals surface area contributed by atoms with Gasteiger partial charge in [0.15, 0.2) is 0 Å². The zero-order valence-electron chi connectivity index (χ0n) is 7.68. The lowest BCUT2D eigenvalue weighted by molar-refractivity contribution is 0.716. The van der Waals surface area contributed by atoms with Crippen LogP contribution in [0.2, 0.25) is 0 Å². The second kappa shape index (κ2) is 2.84. The van der Waals surface area contributed by atoms with E-state index in [-0.39, 0.29) is 0 Å². The number of hydrogen-bond donors (Lipinski definition) is 2. The molecule has 3 heteroatoms. The van der Waals surface area contributed by atoms with Crippen LogP contribution in [0.3, 0.4) is 0 Å². The lowest BCUT2D eigenvalue weighted by Crippen LogP contribution is -2.19. The SMILES string of the molecule is NC1Cc2[nH]c3c(Br)cccc3c2C1. The molecule has 0 amide bonds. The molecule has 1 unspecified atom stereocenters. The molecule has 72 valence electrons. The third kappa shape index (κ3) is 1.06. The number of aromatic amines is 1. The normalized spacial score (nSPS) is 20.3. The highest BCUT2D eigenvalue weighted by Crippen LogP contribution is 2.32. The summed E-state index contributed by atoms with van der Waals surface area (Å²) in [7, 11) is 0. The molecule has 1 heterocycles. The second-order valence-electron chi connectivity index (χ2n) is 3.91. The maximum Gasteiger partial charge on any atom is 0.0603 e. The van der Waals surface area contributed by atoms with Gasteiger partial charge in [-0.05, 0) is 34.0 Å². The molecular formula is C11H11BrN2. The summed E-state index contributed by atoms with van der Waals surface area (Å²) in [4.78, 5) is 3.45. The summed E-state index contributed by atoms with van der Waals surface area (Å²) < 4.78 is 1.14. The quantitative estimate of drug-likeness (QED) is 0.741. The first-order valence-electron chi connectivity index (χ1n) is 4.79. The van der Waals surface area contributed by atoms with Crippen molar-refractivity contribution >= 4 is 26.8 Å². The molecule has 2 nitrogen and oxygen atoms in total. The predicted octanol–water partition coefficient (Wildman–Crippen LogP) is 2.36. The highest BCUT2D eigenvalue weighted by Gasteiger charge is 2.22. The molecule has 14 heavy (non-hydrogen) atoms. The van der Waals surface area contributed by atoms with Gasteiger partial charge in [0, 0.05) is 28.0 Å². The molecule has 2 aromatic rings. The van der Waals surface area contributed by atoms with E-state index in [1.54, 1.807) is 0 Å². The topological polar surface area (TPSA) is 41.8 Å². The van der Waals surface area contributed by atoms with Crippen LogP contribution in [0, 0.1) is 0 Å². The van der Waals surface area contributed by atoms with E-state index in [4.69, 9.17) is 5.73 Å². The monoisotopic (exact) mass is 250 g/mol. The molecule has 1 atom stereocenters. The van der Waals surface area contributed by atoms with Gasteiger partial charge in [-0.2, -0.15) is 0 Å². The molecule has 0 aliphatic heterocycles. The van der Waals surface area contributed by atoms with Crippen molar-refractivity contribution in [2.24, 2.45) is 5.73 Å². The van der Waals surface area contributed by atoms with Gasteiger partial charge in [-0.25, -0.2) is 0 Å². The van der Waals surface area contributed by atoms with Crippen molar-refractivity contribution in [3.8, 4) is 0 Å². The van der Waals surface area contributed by atoms with Crippen LogP contribution in [-0.2, 0) is 12.8 Å². The predicted molar refractivity (Wildman–Crippen MR) is 61.4 cm³/mol. The van der Waals surface area contributed by atoms with Crippen LogP contribution in [0.1, 0.15) is 11.3 Å². The van der Waals surface area contributed by atoms with E-state index in [1.807, 2.05) is 0 Å². The van der Waals surface area contributed by atoms with Crippen molar-refractivity contribution in [3.63, 3.8) is 0 Å². The summed E-state index contributed by atoms with van der Waals surface area (Å²) in [5, 5.41) is 1.32. The molecule has 1 aliphatic rings. The molecular weight excluding hydrogens is 240 g/mol. The van der Waals surface area contributed by atoms with Gasteiger partial charge in [0.1, 0.15) is 0 Å². The van der Waals surface area contributed by atoms with E-state index in [2.05, 4.69) is 39.1 Å². The van der Waals surface area contributed by atoms with E-state index in [0.29, 0.717) is 6.04 Å². The molecule has 1 aliphatic carbocycles. The third-order valence-corrected chi connectivity index (χ3v) is 3.57. The van der Waals surface area contributed by atoms with Gasteiger partial charge in [-0.3, -0.25) is 0 Å². The Kier molecular flexibility index (Phi) is 1.73.